The zero-order chi connectivity index (χ0) is 16.7. The molecule has 0 aliphatic heterocycles. The Hall–Kier alpha value is -3.47. The van der Waals surface area contributed by atoms with Crippen LogP contribution in [0.25, 0.3) is 22.6 Å². The van der Waals surface area contributed by atoms with Crippen molar-refractivity contribution < 1.29 is 4.79 Å². The van der Waals surface area contributed by atoms with E-state index in [1.165, 1.54) is 0 Å². The first-order chi connectivity index (χ1) is 11.3. The number of nitrogens with one attached hydrogen (secondary N) is 1. The van der Waals surface area contributed by atoms with Gasteiger partial charge in [0.05, 0.1) is 17.1 Å². The minimum atomic E-state index is 0.218. The van der Waals surface area contributed by atoms with Crippen LogP contribution in [0.15, 0.2) is 36.7 Å². The van der Waals surface area contributed by atoms with Crippen LogP contribution in [0.3, 0.4) is 0 Å². The second-order valence-electron chi connectivity index (χ2n) is 4.31. The lowest BCUT2D eigenvalue weighted by molar-refractivity contribution is -0.106. The number of anilines is 1. The summed E-state index contributed by atoms with van der Waals surface area (Å²) in [6, 6.07) is 9.88. The van der Waals surface area contributed by atoms with E-state index in [0.29, 0.717) is 17.3 Å². The largest absolute Gasteiger partial charge is 0.372 e. The molecule has 0 bridgehead atoms. The molecular formula is C15H15N7O. The number of carbonyl (C=O) groups excluding carboxylic acids is 1. The molecule has 1 aromatic carbocycles. The van der Waals surface area contributed by atoms with Crippen LogP contribution in [0.1, 0.15) is 0 Å². The van der Waals surface area contributed by atoms with Gasteiger partial charge in [-0.1, -0.05) is 12.1 Å². The molecular weight excluding hydrogens is 294 g/mol. The van der Waals surface area contributed by atoms with E-state index in [9.17, 15) is 0 Å². The Morgan fingerprint density at radius 1 is 1.35 bits per heavy atom. The lowest BCUT2D eigenvalue weighted by Crippen LogP contribution is -2.04. The van der Waals surface area contributed by atoms with Crippen molar-refractivity contribution in [2.75, 3.05) is 12.4 Å². The van der Waals surface area contributed by atoms with Gasteiger partial charge in [0, 0.05) is 19.4 Å². The van der Waals surface area contributed by atoms with E-state index >= 15 is 0 Å². The highest BCUT2D eigenvalue weighted by atomic mass is 16.1. The fourth-order valence-electron chi connectivity index (χ4n) is 2.17. The number of primary amides is 1. The molecule has 116 valence electrons. The molecule has 0 aliphatic carbocycles. The molecule has 0 saturated heterocycles. The highest BCUT2D eigenvalue weighted by Gasteiger charge is 2.16. The topological polar surface area (TPSA) is 123 Å². The maximum absolute atomic E-state index is 9.05. The van der Waals surface area contributed by atoms with Gasteiger partial charge in [-0.15, -0.1) is 0 Å². The van der Waals surface area contributed by atoms with Crippen molar-refractivity contribution in [1.82, 2.24) is 19.5 Å². The van der Waals surface area contributed by atoms with Crippen molar-refractivity contribution in [1.29, 1.82) is 5.26 Å². The zero-order valence-electron chi connectivity index (χ0n) is 12.5. The minimum Gasteiger partial charge on any atom is -0.372 e. The summed E-state index contributed by atoms with van der Waals surface area (Å²) in [5, 5.41) is 12.0. The van der Waals surface area contributed by atoms with Gasteiger partial charge in [0.1, 0.15) is 12.2 Å². The molecule has 0 aliphatic rings. The van der Waals surface area contributed by atoms with Crippen LogP contribution in [0.4, 0.5) is 5.82 Å². The second kappa shape index (κ2) is 7.51. The highest BCUT2D eigenvalue weighted by molar-refractivity contribution is 5.82. The Bertz CT molecular complexity index is 850. The van der Waals surface area contributed by atoms with Crippen LogP contribution in [-0.2, 0) is 11.3 Å². The van der Waals surface area contributed by atoms with Gasteiger partial charge in [-0.05, 0) is 12.1 Å². The predicted octanol–water partition coefficient (Wildman–Crippen LogP) is 1.16. The van der Waals surface area contributed by atoms with Crippen LogP contribution in [-0.4, -0.2) is 33.0 Å². The number of amides is 1. The summed E-state index contributed by atoms with van der Waals surface area (Å²) in [6.07, 6.45) is 3.48. The van der Waals surface area contributed by atoms with Crippen LogP contribution in [0.2, 0.25) is 0 Å². The van der Waals surface area contributed by atoms with Crippen LogP contribution >= 0.6 is 0 Å². The number of nitriles is 1. The molecule has 23 heavy (non-hydrogen) atoms. The summed E-state index contributed by atoms with van der Waals surface area (Å²) in [5.74, 6) is 1.28. The van der Waals surface area contributed by atoms with Crippen LogP contribution in [0, 0.1) is 11.3 Å². The first-order valence-corrected chi connectivity index (χ1v) is 6.73. The minimum absolute atomic E-state index is 0.218. The van der Waals surface area contributed by atoms with Gasteiger partial charge in [-0.2, -0.15) is 5.26 Å². The van der Waals surface area contributed by atoms with Gasteiger partial charge < -0.3 is 15.6 Å². The molecule has 8 heteroatoms. The third kappa shape index (κ3) is 3.24. The number of hydrogen-bond acceptors (Lipinski definition) is 6. The molecule has 0 saturated carbocycles. The van der Waals surface area contributed by atoms with Crippen molar-refractivity contribution in [3.63, 3.8) is 0 Å². The number of para-hydroxylation sites is 2. The van der Waals surface area contributed by atoms with Crippen molar-refractivity contribution in [2.24, 2.45) is 5.73 Å². The number of carbonyl (C=O) groups is 1. The Morgan fingerprint density at radius 2 is 2.04 bits per heavy atom. The standard InChI is InChI=1S/C14H12N6.CH3NO/c1-16-13-12(17-7-8-18-13)14-19-10-4-2-3-5-11(10)20(14)9-6-15;2-1-3/h2-5,7-8H,9H2,1H3,(H,16,18);1H,(H2,2,3). The molecule has 3 aromatic rings. The summed E-state index contributed by atoms with van der Waals surface area (Å²) in [4.78, 5) is 21.7. The molecule has 3 rings (SSSR count). The molecule has 2 heterocycles. The normalized spacial score (nSPS) is 9.57. The summed E-state index contributed by atoms with van der Waals surface area (Å²) >= 11 is 0. The van der Waals surface area contributed by atoms with E-state index in [2.05, 4.69) is 32.1 Å². The maximum Gasteiger partial charge on any atom is 0.204 e. The molecule has 0 fully saturated rings. The average Bonchev–Trinajstić information content (AvgIpc) is 2.95. The Labute approximate surface area is 132 Å². The average molecular weight is 309 g/mol. The summed E-state index contributed by atoms with van der Waals surface area (Å²) in [6.45, 7) is 0.218. The molecule has 1 amide bonds. The van der Waals surface area contributed by atoms with E-state index in [-0.39, 0.29) is 13.0 Å². The number of aromatic nitrogens is 4. The zero-order valence-corrected chi connectivity index (χ0v) is 12.5. The van der Waals surface area contributed by atoms with Crippen molar-refractivity contribution in [3.8, 4) is 17.6 Å². The van der Waals surface area contributed by atoms with E-state index < -0.39 is 0 Å². The van der Waals surface area contributed by atoms with Gasteiger partial charge in [0.2, 0.25) is 6.41 Å². The van der Waals surface area contributed by atoms with Gasteiger partial charge in [0.25, 0.3) is 0 Å². The molecule has 0 unspecified atom stereocenters. The maximum atomic E-state index is 9.05. The fraction of sp³-hybridized carbons (Fsp3) is 0.133. The molecule has 0 spiro atoms. The molecule has 0 atom stereocenters. The predicted molar refractivity (Wildman–Crippen MR) is 86.2 cm³/mol. The summed E-state index contributed by atoms with van der Waals surface area (Å²) in [5.41, 5.74) is 6.56. The first kappa shape index (κ1) is 15.9. The molecule has 2 aromatic heterocycles. The number of benzene rings is 1. The van der Waals surface area contributed by atoms with Crippen LogP contribution in [0.5, 0.6) is 0 Å². The number of fused-ring (bicyclic) bond motifs is 1. The number of rotatable bonds is 3. The Morgan fingerprint density at radius 3 is 2.74 bits per heavy atom. The second-order valence-corrected chi connectivity index (χ2v) is 4.31. The van der Waals surface area contributed by atoms with E-state index in [1.807, 2.05) is 28.8 Å². The number of imidazole rings is 1. The third-order valence-corrected chi connectivity index (χ3v) is 3.03. The molecule has 8 nitrogen and oxygen atoms in total. The van der Waals surface area contributed by atoms with Gasteiger partial charge in [0.15, 0.2) is 11.6 Å². The Kier molecular flexibility index (Phi) is 5.20. The molecule has 0 radical (unpaired) electrons. The van der Waals surface area contributed by atoms with Crippen LogP contribution < -0.4 is 11.1 Å². The summed E-state index contributed by atoms with van der Waals surface area (Å²) in [7, 11) is 1.78. The van der Waals surface area contributed by atoms with Gasteiger partial charge in [-0.3, -0.25) is 4.79 Å². The summed E-state index contributed by atoms with van der Waals surface area (Å²) < 4.78 is 1.85. The smallest absolute Gasteiger partial charge is 0.204 e. The van der Waals surface area contributed by atoms with Crippen molar-refractivity contribution in [2.45, 2.75) is 6.54 Å². The highest BCUT2D eigenvalue weighted by Crippen LogP contribution is 2.26. The van der Waals surface area contributed by atoms with Crippen molar-refractivity contribution in [3.05, 3.63) is 36.7 Å². The fourth-order valence-corrected chi connectivity index (χ4v) is 2.17. The Balaban J connectivity index is 0.000000595. The number of hydrogen-bond donors (Lipinski definition) is 2. The van der Waals surface area contributed by atoms with E-state index in [0.717, 1.165) is 11.0 Å². The van der Waals surface area contributed by atoms with E-state index in [4.69, 9.17) is 10.1 Å². The van der Waals surface area contributed by atoms with Gasteiger partial charge >= 0.3 is 0 Å². The number of nitrogens with two attached hydrogens (primary N) is 1. The monoisotopic (exact) mass is 309 g/mol. The quantitative estimate of drug-likeness (QED) is 0.700. The third-order valence-electron chi connectivity index (χ3n) is 3.03. The SMILES string of the molecule is CNc1nccnc1-c1nc2ccccc2n1CC#N.NC=O. The van der Waals surface area contributed by atoms with Crippen molar-refractivity contribution >= 4 is 23.3 Å². The van der Waals surface area contributed by atoms with E-state index in [1.54, 1.807) is 19.4 Å². The lowest BCUT2D eigenvalue weighted by atomic mass is 10.3. The first-order valence-electron chi connectivity index (χ1n) is 6.73. The number of nitrogens with zero attached hydrogens (tertiary/aromatic N) is 5. The molecule has 3 N–H and O–H groups in total. The van der Waals surface area contributed by atoms with Gasteiger partial charge in [-0.25, -0.2) is 15.0 Å². The lowest BCUT2D eigenvalue weighted by Gasteiger charge is -2.07.